The van der Waals surface area contributed by atoms with E-state index >= 15 is 0 Å². The fraction of sp³-hybridized carbons (Fsp3) is 0.294. The van der Waals surface area contributed by atoms with E-state index in [1.807, 2.05) is 0 Å². The van der Waals surface area contributed by atoms with Crippen LogP contribution in [-0.2, 0) is 10.0 Å². The Hall–Kier alpha value is -3.01. The van der Waals surface area contributed by atoms with Crippen molar-refractivity contribution in [3.05, 3.63) is 53.0 Å². The zero-order valence-electron chi connectivity index (χ0n) is 14.3. The molecule has 0 saturated heterocycles. The maximum absolute atomic E-state index is 12.8. The monoisotopic (exact) mass is 387 g/mol. The maximum Gasteiger partial charge on any atom is 0.277 e. The minimum Gasteiger partial charge on any atom is -0.268 e. The van der Waals surface area contributed by atoms with Gasteiger partial charge in [-0.1, -0.05) is 25.0 Å². The molecule has 3 aromatic rings. The summed E-state index contributed by atoms with van der Waals surface area (Å²) in [4.78, 5) is 14.8. The van der Waals surface area contributed by atoms with Crippen LogP contribution in [0, 0.1) is 10.1 Å². The number of non-ortho nitro benzene ring substituents is 1. The van der Waals surface area contributed by atoms with Crippen LogP contribution in [0.25, 0.3) is 10.8 Å². The third-order valence-corrected chi connectivity index (χ3v) is 6.09. The van der Waals surface area contributed by atoms with Gasteiger partial charge >= 0.3 is 0 Å². The highest BCUT2D eigenvalue weighted by Gasteiger charge is 2.23. The number of anilines is 1. The number of fused-ring (bicyclic) bond motifs is 1. The van der Waals surface area contributed by atoms with Gasteiger partial charge in [-0.15, -0.1) is 0 Å². The molecule has 0 amide bonds. The summed E-state index contributed by atoms with van der Waals surface area (Å²) in [7, 11) is -3.91. The number of rotatable bonds is 5. The number of hydrogen-bond donors (Lipinski definition) is 1. The zero-order chi connectivity index (χ0) is 19.0. The second kappa shape index (κ2) is 6.62. The van der Waals surface area contributed by atoms with Crippen LogP contribution in [-0.4, -0.2) is 28.1 Å². The SMILES string of the molecule is O=[N+]([O-])c1cccc2c(NS(=O)(=O)c3cnn(C4CCCC4)c3)nccc12. The van der Waals surface area contributed by atoms with Crippen molar-refractivity contribution in [1.82, 2.24) is 14.8 Å². The Morgan fingerprint density at radius 2 is 1.96 bits per heavy atom. The molecule has 1 N–H and O–H groups in total. The molecule has 2 heterocycles. The Kier molecular flexibility index (Phi) is 4.27. The number of nitrogens with zero attached hydrogens (tertiary/aromatic N) is 4. The number of aromatic nitrogens is 3. The van der Waals surface area contributed by atoms with Crippen molar-refractivity contribution >= 4 is 32.3 Å². The average Bonchev–Trinajstić information content (AvgIpc) is 3.33. The lowest BCUT2D eigenvalue weighted by Crippen LogP contribution is -2.14. The summed E-state index contributed by atoms with van der Waals surface area (Å²) in [5, 5.41) is 16.1. The number of nitrogens with one attached hydrogen (secondary N) is 1. The normalized spacial score (nSPS) is 15.3. The molecular weight excluding hydrogens is 370 g/mol. The van der Waals surface area contributed by atoms with Gasteiger partial charge in [-0.05, 0) is 18.9 Å². The van der Waals surface area contributed by atoms with Crippen LogP contribution in [0.3, 0.4) is 0 Å². The highest BCUT2D eigenvalue weighted by molar-refractivity contribution is 7.92. The van der Waals surface area contributed by atoms with Crippen molar-refractivity contribution in [3.63, 3.8) is 0 Å². The van der Waals surface area contributed by atoms with Crippen LogP contribution in [0.4, 0.5) is 11.5 Å². The molecule has 0 spiro atoms. The highest BCUT2D eigenvalue weighted by atomic mass is 32.2. The maximum atomic E-state index is 12.8. The zero-order valence-corrected chi connectivity index (χ0v) is 15.1. The van der Waals surface area contributed by atoms with E-state index in [4.69, 9.17) is 0 Å². The molecule has 140 valence electrons. The number of sulfonamides is 1. The summed E-state index contributed by atoms with van der Waals surface area (Å²) in [6.07, 6.45) is 8.38. The molecule has 10 heteroatoms. The second-order valence-electron chi connectivity index (χ2n) is 6.49. The number of nitro benzene ring substituents is 1. The van der Waals surface area contributed by atoms with E-state index in [1.165, 1.54) is 36.8 Å². The molecule has 0 radical (unpaired) electrons. The molecule has 0 bridgehead atoms. The van der Waals surface area contributed by atoms with Gasteiger partial charge in [-0.25, -0.2) is 13.4 Å². The van der Waals surface area contributed by atoms with Crippen LogP contribution in [0.15, 0.2) is 47.8 Å². The van der Waals surface area contributed by atoms with E-state index < -0.39 is 14.9 Å². The molecule has 1 saturated carbocycles. The van der Waals surface area contributed by atoms with Crippen LogP contribution >= 0.6 is 0 Å². The first-order chi connectivity index (χ1) is 13.0. The minimum atomic E-state index is -3.91. The Morgan fingerprint density at radius 3 is 2.70 bits per heavy atom. The van der Waals surface area contributed by atoms with Gasteiger partial charge in [-0.3, -0.25) is 19.5 Å². The molecule has 1 fully saturated rings. The largest absolute Gasteiger partial charge is 0.277 e. The van der Waals surface area contributed by atoms with E-state index in [-0.39, 0.29) is 22.4 Å². The highest BCUT2D eigenvalue weighted by Crippen LogP contribution is 2.31. The summed E-state index contributed by atoms with van der Waals surface area (Å²) < 4.78 is 29.6. The van der Waals surface area contributed by atoms with E-state index in [0.717, 1.165) is 25.7 Å². The molecule has 0 atom stereocenters. The number of benzene rings is 1. The fourth-order valence-electron chi connectivity index (χ4n) is 3.45. The number of hydrogen-bond acceptors (Lipinski definition) is 6. The third kappa shape index (κ3) is 3.23. The molecular formula is C17H17N5O4S. The Balaban J connectivity index is 1.69. The summed E-state index contributed by atoms with van der Waals surface area (Å²) in [5.74, 6) is 0.0461. The van der Waals surface area contributed by atoms with Gasteiger partial charge in [0.1, 0.15) is 10.7 Å². The van der Waals surface area contributed by atoms with E-state index in [9.17, 15) is 18.5 Å². The van der Waals surface area contributed by atoms with Crippen LogP contribution in [0.1, 0.15) is 31.7 Å². The van der Waals surface area contributed by atoms with Crippen molar-refractivity contribution in [2.24, 2.45) is 0 Å². The van der Waals surface area contributed by atoms with Crippen molar-refractivity contribution in [3.8, 4) is 0 Å². The van der Waals surface area contributed by atoms with Crippen LogP contribution in [0.5, 0.6) is 0 Å². The van der Waals surface area contributed by atoms with E-state index in [0.29, 0.717) is 10.8 Å². The standard InChI is InChI=1S/C17H17N5O4S/c23-22(24)16-7-3-6-15-14(16)8-9-18-17(15)20-27(25,26)13-10-19-21(11-13)12-4-1-2-5-12/h3,6-12H,1-2,4-5H2,(H,18,20). The lowest BCUT2D eigenvalue weighted by molar-refractivity contribution is -0.383. The van der Waals surface area contributed by atoms with Gasteiger partial charge < -0.3 is 0 Å². The van der Waals surface area contributed by atoms with Gasteiger partial charge in [0.05, 0.1) is 22.5 Å². The van der Waals surface area contributed by atoms with Gasteiger partial charge in [0.2, 0.25) is 0 Å². The second-order valence-corrected chi connectivity index (χ2v) is 8.17. The molecule has 2 aromatic heterocycles. The molecule has 9 nitrogen and oxygen atoms in total. The van der Waals surface area contributed by atoms with Gasteiger partial charge in [0.15, 0.2) is 0 Å². The Bertz CT molecular complexity index is 1120. The smallest absolute Gasteiger partial charge is 0.268 e. The van der Waals surface area contributed by atoms with Crippen molar-refractivity contribution < 1.29 is 13.3 Å². The molecule has 0 unspecified atom stereocenters. The van der Waals surface area contributed by atoms with Crippen LogP contribution in [0.2, 0.25) is 0 Å². The third-order valence-electron chi connectivity index (χ3n) is 4.80. The molecule has 4 rings (SSSR count). The van der Waals surface area contributed by atoms with Gasteiger partial charge in [0, 0.05) is 23.8 Å². The minimum absolute atomic E-state index is 0.0404. The fourth-order valence-corrected chi connectivity index (χ4v) is 4.41. The summed E-state index contributed by atoms with van der Waals surface area (Å²) in [6, 6.07) is 6.18. The number of pyridine rings is 1. The predicted octanol–water partition coefficient (Wildman–Crippen LogP) is 3.26. The molecule has 27 heavy (non-hydrogen) atoms. The summed E-state index contributed by atoms with van der Waals surface area (Å²) in [5.41, 5.74) is -0.107. The first-order valence-electron chi connectivity index (χ1n) is 8.55. The van der Waals surface area contributed by atoms with Gasteiger partial charge in [0.25, 0.3) is 15.7 Å². The first kappa shape index (κ1) is 17.4. The van der Waals surface area contributed by atoms with Crippen LogP contribution < -0.4 is 4.72 Å². The molecule has 0 aliphatic heterocycles. The summed E-state index contributed by atoms with van der Waals surface area (Å²) >= 11 is 0. The first-order valence-corrected chi connectivity index (χ1v) is 10.0. The molecule has 1 aliphatic rings. The molecule has 1 aromatic carbocycles. The topological polar surface area (TPSA) is 120 Å². The van der Waals surface area contributed by atoms with E-state index in [1.54, 1.807) is 10.7 Å². The van der Waals surface area contributed by atoms with Crippen molar-refractivity contribution in [1.29, 1.82) is 0 Å². The lowest BCUT2D eigenvalue weighted by atomic mass is 10.1. The van der Waals surface area contributed by atoms with Gasteiger partial charge in [-0.2, -0.15) is 5.10 Å². The summed E-state index contributed by atoms with van der Waals surface area (Å²) in [6.45, 7) is 0. The number of nitro groups is 1. The van der Waals surface area contributed by atoms with E-state index in [2.05, 4.69) is 14.8 Å². The van der Waals surface area contributed by atoms with Crippen molar-refractivity contribution in [2.75, 3.05) is 4.72 Å². The van der Waals surface area contributed by atoms with Crippen molar-refractivity contribution in [2.45, 2.75) is 36.6 Å². The predicted molar refractivity (Wildman–Crippen MR) is 98.9 cm³/mol. The lowest BCUT2D eigenvalue weighted by Gasteiger charge is -2.10. The Morgan fingerprint density at radius 1 is 1.19 bits per heavy atom. The Labute approximate surface area is 155 Å². The molecule has 1 aliphatic carbocycles. The quantitative estimate of drug-likeness (QED) is 0.530. The average molecular weight is 387 g/mol.